The third-order valence-electron chi connectivity index (χ3n) is 3.30. The molecule has 1 rings (SSSR count). The van der Waals surface area contributed by atoms with E-state index in [0.717, 1.165) is 32.0 Å². The van der Waals surface area contributed by atoms with Gasteiger partial charge >= 0.3 is 0 Å². The molecule has 0 aromatic carbocycles. The fourth-order valence-corrected chi connectivity index (χ4v) is 2.46. The first-order valence-corrected chi connectivity index (χ1v) is 7.15. The van der Waals surface area contributed by atoms with Crippen molar-refractivity contribution < 1.29 is 4.74 Å². The molecule has 0 atom stereocenters. The summed E-state index contributed by atoms with van der Waals surface area (Å²) in [5.74, 6) is 0.758. The monoisotopic (exact) mass is 242 g/mol. The van der Waals surface area contributed by atoms with Gasteiger partial charge in [-0.05, 0) is 38.8 Å². The molecule has 0 amide bonds. The Kier molecular flexibility index (Phi) is 7.09. The molecule has 1 N–H and O–H groups in total. The molecular formula is C14H30N2O. The molecule has 3 heteroatoms. The summed E-state index contributed by atoms with van der Waals surface area (Å²) >= 11 is 0. The van der Waals surface area contributed by atoms with Crippen LogP contribution in [0.15, 0.2) is 0 Å². The van der Waals surface area contributed by atoms with Crippen LogP contribution in [0.5, 0.6) is 0 Å². The van der Waals surface area contributed by atoms with E-state index in [4.69, 9.17) is 4.74 Å². The first kappa shape index (κ1) is 14.9. The van der Waals surface area contributed by atoms with Gasteiger partial charge < -0.3 is 15.0 Å². The Hall–Kier alpha value is -0.120. The number of hydrogen-bond acceptors (Lipinski definition) is 3. The number of hydrogen-bond donors (Lipinski definition) is 1. The molecule has 1 aliphatic carbocycles. The van der Waals surface area contributed by atoms with E-state index in [1.54, 1.807) is 0 Å². The van der Waals surface area contributed by atoms with E-state index < -0.39 is 0 Å². The summed E-state index contributed by atoms with van der Waals surface area (Å²) < 4.78 is 5.84. The van der Waals surface area contributed by atoms with Crippen molar-refractivity contribution in [2.75, 3.05) is 33.3 Å². The molecule has 1 aliphatic rings. The molecule has 0 heterocycles. The van der Waals surface area contributed by atoms with Crippen LogP contribution in [0.1, 0.15) is 40.0 Å². The number of ether oxygens (including phenoxy) is 1. The van der Waals surface area contributed by atoms with Crippen LogP contribution in [-0.2, 0) is 4.74 Å². The van der Waals surface area contributed by atoms with Crippen LogP contribution in [0.25, 0.3) is 0 Å². The van der Waals surface area contributed by atoms with E-state index in [9.17, 15) is 0 Å². The van der Waals surface area contributed by atoms with Crippen molar-refractivity contribution >= 4 is 0 Å². The van der Waals surface area contributed by atoms with Crippen LogP contribution >= 0.6 is 0 Å². The van der Waals surface area contributed by atoms with Gasteiger partial charge in [0.25, 0.3) is 0 Å². The van der Waals surface area contributed by atoms with Crippen LogP contribution in [0.3, 0.4) is 0 Å². The van der Waals surface area contributed by atoms with Gasteiger partial charge in [0.2, 0.25) is 0 Å². The van der Waals surface area contributed by atoms with Crippen molar-refractivity contribution in [3.63, 3.8) is 0 Å². The van der Waals surface area contributed by atoms with E-state index in [1.165, 1.54) is 19.4 Å². The Morgan fingerprint density at radius 1 is 1.35 bits per heavy atom. The molecule has 17 heavy (non-hydrogen) atoms. The summed E-state index contributed by atoms with van der Waals surface area (Å²) in [7, 11) is 2.20. The van der Waals surface area contributed by atoms with E-state index in [-0.39, 0.29) is 0 Å². The van der Waals surface area contributed by atoms with E-state index in [1.807, 2.05) is 0 Å². The fourth-order valence-electron chi connectivity index (χ4n) is 2.46. The predicted octanol–water partition coefficient (Wildman–Crippen LogP) is 2.12. The first-order chi connectivity index (χ1) is 8.11. The quantitative estimate of drug-likeness (QED) is 0.627. The molecular weight excluding hydrogens is 212 g/mol. The van der Waals surface area contributed by atoms with Gasteiger partial charge in [0.05, 0.1) is 6.10 Å². The maximum atomic E-state index is 5.84. The Morgan fingerprint density at radius 3 is 2.65 bits per heavy atom. The van der Waals surface area contributed by atoms with Crippen molar-refractivity contribution in [1.29, 1.82) is 0 Å². The smallest absolute Gasteiger partial charge is 0.0604 e. The lowest BCUT2D eigenvalue weighted by atomic mass is 9.89. The highest BCUT2D eigenvalue weighted by atomic mass is 16.5. The Bertz CT molecular complexity index is 191. The third-order valence-corrected chi connectivity index (χ3v) is 3.30. The average molecular weight is 242 g/mol. The minimum absolute atomic E-state index is 0.523. The normalized spacial score (nSPS) is 24.4. The summed E-state index contributed by atoms with van der Waals surface area (Å²) in [4.78, 5) is 2.40. The van der Waals surface area contributed by atoms with Crippen molar-refractivity contribution in [3.8, 4) is 0 Å². The van der Waals surface area contributed by atoms with Crippen LogP contribution in [-0.4, -0.2) is 50.3 Å². The van der Waals surface area contributed by atoms with Crippen molar-refractivity contribution in [2.24, 2.45) is 5.92 Å². The minimum atomic E-state index is 0.523. The van der Waals surface area contributed by atoms with E-state index in [0.29, 0.717) is 12.1 Å². The van der Waals surface area contributed by atoms with Crippen molar-refractivity contribution in [2.45, 2.75) is 52.2 Å². The molecule has 102 valence electrons. The highest BCUT2D eigenvalue weighted by Crippen LogP contribution is 2.23. The Balaban J connectivity index is 1.88. The molecule has 0 radical (unpaired) electrons. The van der Waals surface area contributed by atoms with E-state index >= 15 is 0 Å². The van der Waals surface area contributed by atoms with Gasteiger partial charge in [0.15, 0.2) is 0 Å². The highest BCUT2D eigenvalue weighted by Gasteiger charge is 2.28. The molecule has 1 fully saturated rings. The standard InChI is InChI=1S/C14H30N2O/c1-5-15-13-9-14(10-13)17-8-6-7-16(4)11-12(2)3/h12-15H,5-11H2,1-4H3. The Morgan fingerprint density at radius 2 is 2.06 bits per heavy atom. The highest BCUT2D eigenvalue weighted by molar-refractivity contribution is 4.85. The maximum absolute atomic E-state index is 5.84. The third kappa shape index (κ3) is 6.39. The zero-order chi connectivity index (χ0) is 12.7. The molecule has 3 nitrogen and oxygen atoms in total. The largest absolute Gasteiger partial charge is 0.378 e. The molecule has 0 saturated heterocycles. The molecule has 0 spiro atoms. The molecule has 0 unspecified atom stereocenters. The SMILES string of the molecule is CCNC1CC(OCCCN(C)CC(C)C)C1. The minimum Gasteiger partial charge on any atom is -0.378 e. The zero-order valence-corrected chi connectivity index (χ0v) is 12.0. The lowest BCUT2D eigenvalue weighted by Gasteiger charge is -2.35. The molecule has 0 aromatic rings. The van der Waals surface area contributed by atoms with Gasteiger partial charge in [0, 0.05) is 25.7 Å². The Labute approximate surface area is 107 Å². The molecule has 1 saturated carbocycles. The second-order valence-corrected chi connectivity index (χ2v) is 5.73. The fraction of sp³-hybridized carbons (Fsp3) is 1.00. The summed E-state index contributed by atoms with van der Waals surface area (Å²) in [5.41, 5.74) is 0. The topological polar surface area (TPSA) is 24.5 Å². The van der Waals surface area contributed by atoms with Gasteiger partial charge in [0.1, 0.15) is 0 Å². The summed E-state index contributed by atoms with van der Waals surface area (Å²) in [5, 5.41) is 3.45. The molecule has 0 aliphatic heterocycles. The first-order valence-electron chi connectivity index (χ1n) is 7.15. The zero-order valence-electron chi connectivity index (χ0n) is 12.0. The van der Waals surface area contributed by atoms with Crippen molar-refractivity contribution in [1.82, 2.24) is 10.2 Å². The summed E-state index contributed by atoms with van der Waals surface area (Å²) in [6.07, 6.45) is 4.09. The van der Waals surface area contributed by atoms with Gasteiger partial charge in [-0.15, -0.1) is 0 Å². The van der Waals surface area contributed by atoms with E-state index in [2.05, 4.69) is 38.0 Å². The number of rotatable bonds is 9. The molecule has 0 bridgehead atoms. The van der Waals surface area contributed by atoms with Gasteiger partial charge in [-0.1, -0.05) is 20.8 Å². The number of nitrogens with zero attached hydrogens (tertiary/aromatic N) is 1. The second-order valence-electron chi connectivity index (χ2n) is 5.73. The lowest BCUT2D eigenvalue weighted by Crippen LogP contribution is -2.45. The van der Waals surface area contributed by atoms with Crippen LogP contribution in [0.2, 0.25) is 0 Å². The number of nitrogens with one attached hydrogen (secondary N) is 1. The average Bonchev–Trinajstić information content (AvgIpc) is 2.18. The lowest BCUT2D eigenvalue weighted by molar-refractivity contribution is -0.0187. The van der Waals surface area contributed by atoms with Gasteiger partial charge in [-0.25, -0.2) is 0 Å². The van der Waals surface area contributed by atoms with Gasteiger partial charge in [-0.2, -0.15) is 0 Å². The van der Waals surface area contributed by atoms with Gasteiger partial charge in [-0.3, -0.25) is 0 Å². The van der Waals surface area contributed by atoms with Crippen LogP contribution in [0, 0.1) is 5.92 Å². The van der Waals surface area contributed by atoms with Crippen LogP contribution in [0.4, 0.5) is 0 Å². The molecule has 0 aromatic heterocycles. The maximum Gasteiger partial charge on any atom is 0.0604 e. The summed E-state index contributed by atoms with van der Waals surface area (Å²) in [6, 6.07) is 0.716. The predicted molar refractivity (Wildman–Crippen MR) is 73.4 cm³/mol. The summed E-state index contributed by atoms with van der Waals surface area (Å²) in [6.45, 7) is 11.0. The van der Waals surface area contributed by atoms with Crippen LogP contribution < -0.4 is 5.32 Å². The van der Waals surface area contributed by atoms with Crippen molar-refractivity contribution in [3.05, 3.63) is 0 Å². The second kappa shape index (κ2) is 8.06.